The van der Waals surface area contributed by atoms with Gasteiger partial charge in [-0.05, 0) is 44.4 Å². The van der Waals surface area contributed by atoms with Crippen LogP contribution in [0.2, 0.25) is 0 Å². The Morgan fingerprint density at radius 3 is 3.09 bits per heavy atom. The maximum absolute atomic E-state index is 12.5. The van der Waals surface area contributed by atoms with Gasteiger partial charge in [-0.15, -0.1) is 0 Å². The molecule has 23 heavy (non-hydrogen) atoms. The van der Waals surface area contributed by atoms with Gasteiger partial charge in [-0.2, -0.15) is 0 Å². The molecule has 0 unspecified atom stereocenters. The van der Waals surface area contributed by atoms with Gasteiger partial charge in [0.1, 0.15) is 5.82 Å². The molecule has 0 radical (unpaired) electrons. The first-order valence-electron chi connectivity index (χ1n) is 7.73. The van der Waals surface area contributed by atoms with E-state index in [2.05, 4.69) is 15.3 Å². The van der Waals surface area contributed by atoms with Crippen molar-refractivity contribution in [3.8, 4) is 11.5 Å². The van der Waals surface area contributed by atoms with Crippen molar-refractivity contribution in [2.45, 2.75) is 32.2 Å². The monoisotopic (exact) mass is 311 g/mol. The molecule has 4 rings (SSSR count). The van der Waals surface area contributed by atoms with Crippen LogP contribution in [0.1, 0.15) is 46.3 Å². The molecule has 6 nitrogen and oxygen atoms in total. The van der Waals surface area contributed by atoms with Crippen molar-refractivity contribution >= 4 is 5.91 Å². The number of rotatable bonds is 2. The summed E-state index contributed by atoms with van der Waals surface area (Å²) in [5.74, 6) is 1.93. The van der Waals surface area contributed by atoms with Gasteiger partial charge in [0.25, 0.3) is 5.91 Å². The lowest BCUT2D eigenvalue weighted by molar-refractivity contribution is 0.0932. The highest BCUT2D eigenvalue weighted by Crippen LogP contribution is 2.33. The summed E-state index contributed by atoms with van der Waals surface area (Å²) in [4.78, 5) is 21.3. The van der Waals surface area contributed by atoms with E-state index in [1.807, 2.05) is 13.1 Å². The lowest BCUT2D eigenvalue weighted by atomic mass is 9.92. The van der Waals surface area contributed by atoms with E-state index in [0.717, 1.165) is 36.3 Å². The molecule has 1 aliphatic carbocycles. The minimum atomic E-state index is -0.123. The number of hydrogen-bond acceptors (Lipinski definition) is 5. The Morgan fingerprint density at radius 2 is 2.17 bits per heavy atom. The zero-order valence-electron chi connectivity index (χ0n) is 12.8. The average Bonchev–Trinajstić information content (AvgIpc) is 3.02. The third-order valence-electron chi connectivity index (χ3n) is 4.24. The first-order chi connectivity index (χ1) is 11.2. The smallest absolute Gasteiger partial charge is 0.251 e. The number of nitrogens with zero attached hydrogens (tertiary/aromatic N) is 2. The Balaban J connectivity index is 1.56. The highest BCUT2D eigenvalue weighted by Gasteiger charge is 2.24. The zero-order chi connectivity index (χ0) is 15.8. The Morgan fingerprint density at radius 1 is 1.30 bits per heavy atom. The molecule has 6 heteroatoms. The summed E-state index contributed by atoms with van der Waals surface area (Å²) >= 11 is 0. The zero-order valence-corrected chi connectivity index (χ0v) is 12.8. The van der Waals surface area contributed by atoms with Crippen molar-refractivity contribution in [2.75, 3.05) is 6.79 Å². The molecule has 1 atom stereocenters. The Labute approximate surface area is 133 Å². The van der Waals surface area contributed by atoms with Gasteiger partial charge in [0.2, 0.25) is 6.79 Å². The van der Waals surface area contributed by atoms with E-state index in [0.29, 0.717) is 17.1 Å². The summed E-state index contributed by atoms with van der Waals surface area (Å²) in [7, 11) is 0. The molecule has 1 N–H and O–H groups in total. The SMILES string of the molecule is Cc1ncc2c(n1)CCC[C@@H]2NC(=O)c1ccc2c(c1)OCO2. The van der Waals surface area contributed by atoms with Crippen LogP contribution in [0.25, 0.3) is 0 Å². The molecule has 1 aromatic heterocycles. The van der Waals surface area contributed by atoms with Crippen LogP contribution in [0.15, 0.2) is 24.4 Å². The summed E-state index contributed by atoms with van der Waals surface area (Å²) in [6.45, 7) is 2.09. The molecule has 118 valence electrons. The van der Waals surface area contributed by atoms with Gasteiger partial charge in [-0.3, -0.25) is 4.79 Å². The van der Waals surface area contributed by atoms with E-state index in [1.165, 1.54) is 0 Å². The highest BCUT2D eigenvalue weighted by atomic mass is 16.7. The third-order valence-corrected chi connectivity index (χ3v) is 4.24. The van der Waals surface area contributed by atoms with Gasteiger partial charge in [0, 0.05) is 23.0 Å². The Kier molecular flexibility index (Phi) is 3.37. The highest BCUT2D eigenvalue weighted by molar-refractivity contribution is 5.95. The minimum Gasteiger partial charge on any atom is -0.454 e. The number of nitrogens with one attached hydrogen (secondary N) is 1. The molecule has 0 bridgehead atoms. The molecule has 2 heterocycles. The van der Waals surface area contributed by atoms with Crippen LogP contribution in [-0.2, 0) is 6.42 Å². The molecule has 0 saturated carbocycles. The molecule has 0 spiro atoms. The normalized spacial score (nSPS) is 18.4. The van der Waals surface area contributed by atoms with Gasteiger partial charge in [0.15, 0.2) is 11.5 Å². The summed E-state index contributed by atoms with van der Waals surface area (Å²) in [6, 6.07) is 5.18. The van der Waals surface area contributed by atoms with Crippen molar-refractivity contribution in [1.82, 2.24) is 15.3 Å². The fraction of sp³-hybridized carbons (Fsp3) is 0.353. The van der Waals surface area contributed by atoms with Crippen LogP contribution in [0.3, 0.4) is 0 Å². The van der Waals surface area contributed by atoms with Crippen LogP contribution < -0.4 is 14.8 Å². The number of aryl methyl sites for hydroxylation is 2. The van der Waals surface area contributed by atoms with Crippen LogP contribution >= 0.6 is 0 Å². The molecule has 1 aromatic carbocycles. The number of aromatic nitrogens is 2. The number of amides is 1. The second-order valence-electron chi connectivity index (χ2n) is 5.81. The van der Waals surface area contributed by atoms with E-state index >= 15 is 0 Å². The van der Waals surface area contributed by atoms with E-state index in [4.69, 9.17) is 9.47 Å². The molecule has 2 aromatic rings. The lowest BCUT2D eigenvalue weighted by Gasteiger charge is -2.25. The van der Waals surface area contributed by atoms with Gasteiger partial charge in [0.05, 0.1) is 6.04 Å². The number of fused-ring (bicyclic) bond motifs is 2. The van der Waals surface area contributed by atoms with Gasteiger partial charge >= 0.3 is 0 Å². The minimum absolute atomic E-state index is 0.0442. The number of hydrogen-bond donors (Lipinski definition) is 1. The van der Waals surface area contributed by atoms with Crippen LogP contribution in [-0.4, -0.2) is 22.7 Å². The number of benzene rings is 1. The Bertz CT molecular complexity index is 776. The topological polar surface area (TPSA) is 73.3 Å². The van der Waals surface area contributed by atoms with Crippen molar-refractivity contribution in [3.05, 3.63) is 47.0 Å². The standard InChI is InChI=1S/C17H17N3O3/c1-10-18-8-12-13(19-10)3-2-4-14(12)20-17(21)11-5-6-15-16(7-11)23-9-22-15/h5-8,14H,2-4,9H2,1H3,(H,20,21)/t14-/m0/s1. The maximum atomic E-state index is 12.5. The average molecular weight is 311 g/mol. The van der Waals surface area contributed by atoms with Crippen LogP contribution in [0, 0.1) is 6.92 Å². The third kappa shape index (κ3) is 2.60. The fourth-order valence-electron chi connectivity index (χ4n) is 3.08. The molecule has 0 fully saturated rings. The van der Waals surface area contributed by atoms with Crippen molar-refractivity contribution in [1.29, 1.82) is 0 Å². The predicted molar refractivity (Wildman–Crippen MR) is 82.5 cm³/mol. The van der Waals surface area contributed by atoms with E-state index in [9.17, 15) is 4.79 Å². The summed E-state index contributed by atoms with van der Waals surface area (Å²) < 4.78 is 10.6. The van der Waals surface area contributed by atoms with Crippen molar-refractivity contribution in [2.24, 2.45) is 0 Å². The van der Waals surface area contributed by atoms with E-state index in [-0.39, 0.29) is 18.7 Å². The van der Waals surface area contributed by atoms with Gasteiger partial charge in [-0.1, -0.05) is 0 Å². The molecule has 0 saturated heterocycles. The van der Waals surface area contributed by atoms with Crippen molar-refractivity contribution < 1.29 is 14.3 Å². The second kappa shape index (κ2) is 5.53. The second-order valence-corrected chi connectivity index (χ2v) is 5.81. The molecule has 1 aliphatic heterocycles. The van der Waals surface area contributed by atoms with Crippen molar-refractivity contribution in [3.63, 3.8) is 0 Å². The molecular formula is C17H17N3O3. The quantitative estimate of drug-likeness (QED) is 0.921. The van der Waals surface area contributed by atoms with E-state index in [1.54, 1.807) is 18.2 Å². The predicted octanol–water partition coefficient (Wildman–Crippen LogP) is 2.32. The maximum Gasteiger partial charge on any atom is 0.251 e. The summed E-state index contributed by atoms with van der Waals surface area (Å²) in [5, 5.41) is 3.09. The van der Waals surface area contributed by atoms with E-state index < -0.39 is 0 Å². The fourth-order valence-corrected chi connectivity index (χ4v) is 3.08. The first-order valence-corrected chi connectivity index (χ1v) is 7.73. The summed E-state index contributed by atoms with van der Waals surface area (Å²) in [5.41, 5.74) is 2.63. The number of carbonyl (C=O) groups is 1. The van der Waals surface area contributed by atoms with Gasteiger partial charge < -0.3 is 14.8 Å². The largest absolute Gasteiger partial charge is 0.454 e. The number of carbonyl (C=O) groups excluding carboxylic acids is 1. The van der Waals surface area contributed by atoms with Crippen LogP contribution in [0.4, 0.5) is 0 Å². The van der Waals surface area contributed by atoms with Gasteiger partial charge in [-0.25, -0.2) is 9.97 Å². The summed E-state index contributed by atoms with van der Waals surface area (Å²) in [6.07, 6.45) is 4.68. The molecular weight excluding hydrogens is 294 g/mol. The first kappa shape index (κ1) is 14.0. The molecule has 2 aliphatic rings. The lowest BCUT2D eigenvalue weighted by Crippen LogP contribution is -2.31. The number of ether oxygens (including phenoxy) is 2. The van der Waals surface area contributed by atoms with Crippen LogP contribution in [0.5, 0.6) is 11.5 Å². The molecule has 1 amide bonds. The Hall–Kier alpha value is -2.63.